The standard InChI is InChI=1S/C34H46O/c1-9-26-16-13-18-30(28(26)11-3)22(5)23(6)32-20-15-21-33(35)34(32)25(8)24(7)31-19-14-17-27(10-2)29(31)12-4/h13-25,35H,9-12H2,1-8H3. The summed E-state index contributed by atoms with van der Waals surface area (Å²) in [5.41, 5.74) is 11.2. The van der Waals surface area contributed by atoms with E-state index >= 15 is 0 Å². The van der Waals surface area contributed by atoms with Gasteiger partial charge in [0.15, 0.2) is 0 Å². The molecule has 0 amide bonds. The van der Waals surface area contributed by atoms with Crippen molar-refractivity contribution in [3.05, 3.63) is 99.1 Å². The van der Waals surface area contributed by atoms with E-state index in [9.17, 15) is 5.11 Å². The molecule has 0 radical (unpaired) electrons. The lowest BCUT2D eigenvalue weighted by Crippen LogP contribution is -2.15. The van der Waals surface area contributed by atoms with E-state index in [1.165, 1.54) is 38.9 Å². The Morgan fingerprint density at radius 2 is 0.914 bits per heavy atom. The van der Waals surface area contributed by atoms with Crippen molar-refractivity contribution in [3.8, 4) is 5.75 Å². The van der Waals surface area contributed by atoms with Gasteiger partial charge in [0.25, 0.3) is 0 Å². The van der Waals surface area contributed by atoms with Crippen LogP contribution in [0.2, 0.25) is 0 Å². The van der Waals surface area contributed by atoms with Gasteiger partial charge in [-0.1, -0.05) is 104 Å². The maximum atomic E-state index is 11.2. The minimum Gasteiger partial charge on any atom is -0.508 e. The number of aromatic hydroxyl groups is 1. The van der Waals surface area contributed by atoms with Crippen LogP contribution < -0.4 is 0 Å². The van der Waals surface area contributed by atoms with Crippen molar-refractivity contribution in [1.29, 1.82) is 0 Å². The van der Waals surface area contributed by atoms with Crippen LogP contribution in [0.5, 0.6) is 5.75 Å². The van der Waals surface area contributed by atoms with Gasteiger partial charge in [-0.05, 0) is 94.4 Å². The zero-order valence-corrected chi connectivity index (χ0v) is 23.3. The van der Waals surface area contributed by atoms with E-state index < -0.39 is 0 Å². The summed E-state index contributed by atoms with van der Waals surface area (Å²) < 4.78 is 0. The summed E-state index contributed by atoms with van der Waals surface area (Å²) in [6, 6.07) is 19.7. The van der Waals surface area contributed by atoms with Crippen molar-refractivity contribution < 1.29 is 5.11 Å². The predicted molar refractivity (Wildman–Crippen MR) is 152 cm³/mol. The molecule has 0 fully saturated rings. The van der Waals surface area contributed by atoms with Gasteiger partial charge in [-0.3, -0.25) is 0 Å². The smallest absolute Gasteiger partial charge is 0.119 e. The monoisotopic (exact) mass is 470 g/mol. The first-order valence-corrected chi connectivity index (χ1v) is 13.8. The van der Waals surface area contributed by atoms with Crippen molar-refractivity contribution in [2.24, 2.45) is 0 Å². The van der Waals surface area contributed by atoms with Crippen LogP contribution in [0.15, 0.2) is 54.6 Å². The molecule has 0 saturated carbocycles. The molecule has 4 atom stereocenters. The number of rotatable bonds is 10. The molecular weight excluding hydrogens is 424 g/mol. The van der Waals surface area contributed by atoms with Gasteiger partial charge in [0.05, 0.1) is 0 Å². The summed E-state index contributed by atoms with van der Waals surface area (Å²) in [6.07, 6.45) is 4.24. The highest BCUT2D eigenvalue weighted by atomic mass is 16.3. The van der Waals surface area contributed by atoms with Crippen molar-refractivity contribution in [2.75, 3.05) is 0 Å². The molecular formula is C34H46O. The summed E-state index contributed by atoms with van der Waals surface area (Å²) in [6.45, 7) is 18.4. The molecule has 0 bridgehead atoms. The maximum absolute atomic E-state index is 11.2. The second-order valence-corrected chi connectivity index (χ2v) is 10.3. The first-order valence-electron chi connectivity index (χ1n) is 13.8. The van der Waals surface area contributed by atoms with Gasteiger partial charge < -0.3 is 5.11 Å². The Morgan fingerprint density at radius 3 is 1.37 bits per heavy atom. The molecule has 0 spiro atoms. The Labute approximate surface area is 214 Å². The average Bonchev–Trinajstić information content (AvgIpc) is 2.89. The second-order valence-electron chi connectivity index (χ2n) is 10.3. The normalized spacial score (nSPS) is 15.0. The largest absolute Gasteiger partial charge is 0.508 e. The number of hydrogen-bond donors (Lipinski definition) is 1. The molecule has 35 heavy (non-hydrogen) atoms. The topological polar surface area (TPSA) is 20.2 Å². The third-order valence-corrected chi connectivity index (χ3v) is 8.63. The van der Waals surface area contributed by atoms with Crippen LogP contribution in [0, 0.1) is 0 Å². The molecule has 4 unspecified atom stereocenters. The first-order chi connectivity index (χ1) is 16.8. The van der Waals surface area contributed by atoms with E-state index in [1.54, 1.807) is 0 Å². The van der Waals surface area contributed by atoms with Crippen LogP contribution in [-0.2, 0) is 25.7 Å². The fraction of sp³-hybridized carbons (Fsp3) is 0.471. The molecule has 1 heteroatoms. The summed E-state index contributed by atoms with van der Waals surface area (Å²) in [5, 5.41) is 11.2. The Hall–Kier alpha value is -2.54. The van der Waals surface area contributed by atoms with E-state index in [2.05, 4.69) is 97.9 Å². The van der Waals surface area contributed by atoms with Crippen LogP contribution in [-0.4, -0.2) is 5.11 Å². The number of phenols is 1. The lowest BCUT2D eigenvalue weighted by Gasteiger charge is -2.31. The van der Waals surface area contributed by atoms with E-state index in [1.807, 2.05) is 12.1 Å². The minimum absolute atomic E-state index is 0.214. The molecule has 1 nitrogen and oxygen atoms in total. The van der Waals surface area contributed by atoms with E-state index in [0.29, 0.717) is 23.5 Å². The van der Waals surface area contributed by atoms with Crippen LogP contribution in [0.25, 0.3) is 0 Å². The Balaban J connectivity index is 2.05. The summed E-state index contributed by atoms with van der Waals surface area (Å²) >= 11 is 0. The van der Waals surface area contributed by atoms with E-state index in [0.717, 1.165) is 31.2 Å². The molecule has 0 aromatic heterocycles. The molecule has 0 aliphatic carbocycles. The summed E-state index contributed by atoms with van der Waals surface area (Å²) in [7, 11) is 0. The number of phenolic OH excluding ortho intramolecular Hbond substituents is 1. The number of aryl methyl sites for hydroxylation is 2. The maximum Gasteiger partial charge on any atom is 0.119 e. The fourth-order valence-electron chi connectivity index (χ4n) is 6.21. The Morgan fingerprint density at radius 1 is 0.514 bits per heavy atom. The lowest BCUT2D eigenvalue weighted by atomic mass is 9.74. The molecule has 0 aliphatic heterocycles. The highest BCUT2D eigenvalue weighted by Gasteiger charge is 2.28. The van der Waals surface area contributed by atoms with Gasteiger partial charge in [-0.15, -0.1) is 0 Å². The molecule has 0 saturated heterocycles. The predicted octanol–water partition coefficient (Wildman–Crippen LogP) is 9.46. The molecule has 3 rings (SSSR count). The molecule has 188 valence electrons. The number of hydrogen-bond acceptors (Lipinski definition) is 1. The molecule has 3 aromatic rings. The average molecular weight is 471 g/mol. The zero-order chi connectivity index (χ0) is 25.7. The minimum atomic E-state index is 0.214. The summed E-state index contributed by atoms with van der Waals surface area (Å²) in [4.78, 5) is 0. The van der Waals surface area contributed by atoms with Gasteiger partial charge in [0, 0.05) is 5.56 Å². The second kappa shape index (κ2) is 11.9. The van der Waals surface area contributed by atoms with Gasteiger partial charge in [-0.25, -0.2) is 0 Å². The van der Waals surface area contributed by atoms with Gasteiger partial charge in [0.1, 0.15) is 5.75 Å². The van der Waals surface area contributed by atoms with Crippen LogP contribution >= 0.6 is 0 Å². The SMILES string of the molecule is CCc1cccc(C(C)C(C)c2cccc(O)c2C(C)C(C)c2cccc(CC)c2CC)c1CC. The first kappa shape index (κ1) is 27.1. The molecule has 0 heterocycles. The highest BCUT2D eigenvalue weighted by Crippen LogP contribution is 2.45. The number of benzene rings is 3. The van der Waals surface area contributed by atoms with E-state index in [4.69, 9.17) is 0 Å². The quantitative estimate of drug-likeness (QED) is 0.313. The van der Waals surface area contributed by atoms with Crippen molar-refractivity contribution in [2.45, 2.75) is 105 Å². The van der Waals surface area contributed by atoms with Crippen LogP contribution in [0.1, 0.15) is 124 Å². The van der Waals surface area contributed by atoms with Crippen LogP contribution in [0.3, 0.4) is 0 Å². The highest BCUT2D eigenvalue weighted by molar-refractivity contribution is 5.48. The van der Waals surface area contributed by atoms with Gasteiger partial charge in [0.2, 0.25) is 0 Å². The van der Waals surface area contributed by atoms with Gasteiger partial charge in [-0.2, -0.15) is 0 Å². The Kier molecular flexibility index (Phi) is 9.22. The van der Waals surface area contributed by atoms with Crippen molar-refractivity contribution in [3.63, 3.8) is 0 Å². The van der Waals surface area contributed by atoms with Crippen LogP contribution in [0.4, 0.5) is 0 Å². The van der Waals surface area contributed by atoms with E-state index in [-0.39, 0.29) is 5.92 Å². The Bertz CT molecular complexity index is 1130. The molecule has 1 N–H and O–H groups in total. The molecule has 3 aromatic carbocycles. The zero-order valence-electron chi connectivity index (χ0n) is 23.3. The van der Waals surface area contributed by atoms with Crippen molar-refractivity contribution >= 4 is 0 Å². The third-order valence-electron chi connectivity index (χ3n) is 8.63. The summed E-state index contributed by atoms with van der Waals surface area (Å²) in [5.74, 6) is 1.64. The van der Waals surface area contributed by atoms with Gasteiger partial charge >= 0.3 is 0 Å². The molecule has 0 aliphatic rings. The lowest BCUT2D eigenvalue weighted by molar-refractivity contribution is 0.451. The third kappa shape index (κ3) is 5.35. The van der Waals surface area contributed by atoms with Crippen molar-refractivity contribution in [1.82, 2.24) is 0 Å². The fourth-order valence-corrected chi connectivity index (χ4v) is 6.21.